The van der Waals surface area contributed by atoms with Crippen molar-refractivity contribution in [1.29, 1.82) is 0 Å². The minimum absolute atomic E-state index is 0.331. The van der Waals surface area contributed by atoms with Crippen molar-refractivity contribution in [3.8, 4) is 5.75 Å². The highest BCUT2D eigenvalue weighted by Crippen LogP contribution is 2.34. The van der Waals surface area contributed by atoms with Gasteiger partial charge in [-0.3, -0.25) is 0 Å². The predicted octanol–water partition coefficient (Wildman–Crippen LogP) is 1.81. The summed E-state index contributed by atoms with van der Waals surface area (Å²) < 4.78 is 5.56. The fraction of sp³-hybridized carbons (Fsp3) is 0.462. The first-order valence-electron chi connectivity index (χ1n) is 5.72. The summed E-state index contributed by atoms with van der Waals surface area (Å²) >= 11 is 0. The summed E-state index contributed by atoms with van der Waals surface area (Å²) in [5.41, 5.74) is 1.35. The van der Waals surface area contributed by atoms with Gasteiger partial charge in [-0.2, -0.15) is 0 Å². The van der Waals surface area contributed by atoms with Crippen molar-refractivity contribution in [3.05, 3.63) is 29.3 Å². The molecule has 0 aliphatic carbocycles. The topological polar surface area (TPSA) is 49.8 Å². The number of rotatable bonds is 3. The molecule has 4 nitrogen and oxygen atoms in total. The fourth-order valence-electron chi connectivity index (χ4n) is 2.23. The summed E-state index contributed by atoms with van der Waals surface area (Å²) in [5, 5.41) is 9.00. The fourth-order valence-corrected chi connectivity index (χ4v) is 2.23. The van der Waals surface area contributed by atoms with Crippen LogP contribution < -0.4 is 4.74 Å². The highest BCUT2D eigenvalue weighted by atomic mass is 16.5. The van der Waals surface area contributed by atoms with E-state index in [1.54, 1.807) is 18.2 Å². The van der Waals surface area contributed by atoms with Gasteiger partial charge in [0.1, 0.15) is 5.75 Å². The molecule has 1 aromatic carbocycles. The highest BCUT2D eigenvalue weighted by molar-refractivity contribution is 5.88. The summed E-state index contributed by atoms with van der Waals surface area (Å²) in [4.78, 5) is 13.1. The Labute approximate surface area is 101 Å². The van der Waals surface area contributed by atoms with E-state index in [-0.39, 0.29) is 0 Å². The van der Waals surface area contributed by atoms with Gasteiger partial charge in [-0.05, 0) is 44.3 Å². The number of hydrogen-bond acceptors (Lipinski definition) is 3. The Morgan fingerprint density at radius 1 is 1.53 bits per heavy atom. The van der Waals surface area contributed by atoms with Crippen LogP contribution in [0.15, 0.2) is 18.2 Å². The summed E-state index contributed by atoms with van der Waals surface area (Å²) in [7, 11) is 4.05. The second kappa shape index (κ2) is 4.75. The first-order valence-corrected chi connectivity index (χ1v) is 5.72. The van der Waals surface area contributed by atoms with Crippen LogP contribution in [0.25, 0.3) is 0 Å². The van der Waals surface area contributed by atoms with Gasteiger partial charge >= 0.3 is 5.97 Å². The second-order valence-corrected chi connectivity index (χ2v) is 4.65. The number of carbonyl (C=O) groups is 1. The normalized spacial score (nSPS) is 18.6. The third-order valence-electron chi connectivity index (χ3n) is 3.01. The quantitative estimate of drug-likeness (QED) is 0.868. The van der Waals surface area contributed by atoms with Crippen LogP contribution in [0.5, 0.6) is 5.75 Å². The Kier molecular flexibility index (Phi) is 3.33. The Bertz CT molecular complexity index is 429. The molecule has 0 saturated carbocycles. The molecule has 1 aliphatic heterocycles. The molecule has 0 fully saturated rings. The maximum absolute atomic E-state index is 11.0. The van der Waals surface area contributed by atoms with E-state index in [1.807, 2.05) is 14.1 Å². The Morgan fingerprint density at radius 2 is 2.29 bits per heavy atom. The van der Waals surface area contributed by atoms with E-state index in [0.717, 1.165) is 24.3 Å². The lowest BCUT2D eigenvalue weighted by molar-refractivity contribution is 0.0696. The lowest BCUT2D eigenvalue weighted by Gasteiger charge is -2.28. The molecule has 1 aliphatic rings. The average Bonchev–Trinajstić information content (AvgIpc) is 2.28. The van der Waals surface area contributed by atoms with Gasteiger partial charge in [-0.25, -0.2) is 4.79 Å². The first kappa shape index (κ1) is 11.9. The summed E-state index contributed by atoms with van der Waals surface area (Å²) in [6.45, 7) is 1.62. The SMILES string of the molecule is CN(C)CC1CCOc2ccc(C(=O)O)cc21. The van der Waals surface area contributed by atoms with Gasteiger partial charge in [-0.15, -0.1) is 0 Å². The Morgan fingerprint density at radius 3 is 2.94 bits per heavy atom. The minimum Gasteiger partial charge on any atom is -0.493 e. The van der Waals surface area contributed by atoms with Crippen molar-refractivity contribution in [2.75, 3.05) is 27.2 Å². The molecule has 4 heteroatoms. The lowest BCUT2D eigenvalue weighted by Crippen LogP contribution is -2.25. The molecule has 2 rings (SSSR count). The van der Waals surface area contributed by atoms with Gasteiger partial charge in [0, 0.05) is 12.5 Å². The van der Waals surface area contributed by atoms with Crippen molar-refractivity contribution in [2.24, 2.45) is 0 Å². The van der Waals surface area contributed by atoms with Crippen molar-refractivity contribution in [1.82, 2.24) is 4.90 Å². The molecule has 0 radical (unpaired) electrons. The molecule has 1 atom stereocenters. The number of carboxylic acid groups (broad SMARTS) is 1. The predicted molar refractivity (Wildman–Crippen MR) is 64.8 cm³/mol. The van der Waals surface area contributed by atoms with Crippen LogP contribution in [0.3, 0.4) is 0 Å². The van der Waals surface area contributed by atoms with Crippen LogP contribution >= 0.6 is 0 Å². The number of ether oxygens (including phenoxy) is 1. The number of fused-ring (bicyclic) bond motifs is 1. The molecule has 1 N–H and O–H groups in total. The van der Waals surface area contributed by atoms with Gasteiger partial charge in [0.25, 0.3) is 0 Å². The van der Waals surface area contributed by atoms with E-state index >= 15 is 0 Å². The first-order chi connectivity index (χ1) is 8.08. The minimum atomic E-state index is -0.887. The van der Waals surface area contributed by atoms with E-state index in [0.29, 0.717) is 18.1 Å². The monoisotopic (exact) mass is 235 g/mol. The zero-order valence-electron chi connectivity index (χ0n) is 10.1. The molecule has 0 aromatic heterocycles. The van der Waals surface area contributed by atoms with Crippen LogP contribution in [0.1, 0.15) is 28.3 Å². The Hall–Kier alpha value is -1.55. The van der Waals surface area contributed by atoms with Crippen LogP contribution in [0.4, 0.5) is 0 Å². The number of aromatic carboxylic acids is 1. The maximum Gasteiger partial charge on any atom is 0.335 e. The highest BCUT2D eigenvalue weighted by Gasteiger charge is 2.23. The molecule has 0 saturated heterocycles. The van der Waals surface area contributed by atoms with Gasteiger partial charge in [0.05, 0.1) is 12.2 Å². The van der Waals surface area contributed by atoms with Crippen molar-refractivity contribution in [2.45, 2.75) is 12.3 Å². The van der Waals surface area contributed by atoms with Crippen LogP contribution in [0.2, 0.25) is 0 Å². The van der Waals surface area contributed by atoms with Gasteiger partial charge in [-0.1, -0.05) is 0 Å². The molecule has 0 bridgehead atoms. The molecular formula is C13H17NO3. The molecule has 1 unspecified atom stereocenters. The number of benzene rings is 1. The van der Waals surface area contributed by atoms with Crippen molar-refractivity contribution >= 4 is 5.97 Å². The molecule has 1 heterocycles. The van der Waals surface area contributed by atoms with Crippen LogP contribution in [-0.2, 0) is 0 Å². The lowest BCUT2D eigenvalue weighted by atomic mass is 9.91. The van der Waals surface area contributed by atoms with Gasteiger partial charge in [0.2, 0.25) is 0 Å². The van der Waals surface area contributed by atoms with Crippen molar-refractivity contribution < 1.29 is 14.6 Å². The molecule has 0 amide bonds. The van der Waals surface area contributed by atoms with E-state index < -0.39 is 5.97 Å². The van der Waals surface area contributed by atoms with E-state index in [2.05, 4.69) is 4.90 Å². The largest absolute Gasteiger partial charge is 0.493 e. The van der Waals surface area contributed by atoms with E-state index in [4.69, 9.17) is 9.84 Å². The molecule has 17 heavy (non-hydrogen) atoms. The summed E-state index contributed by atoms with van der Waals surface area (Å²) in [5.74, 6) is 0.295. The van der Waals surface area contributed by atoms with Crippen molar-refractivity contribution in [3.63, 3.8) is 0 Å². The zero-order chi connectivity index (χ0) is 12.4. The molecule has 1 aromatic rings. The van der Waals surface area contributed by atoms with E-state index in [9.17, 15) is 4.79 Å². The molecule has 0 spiro atoms. The van der Waals surface area contributed by atoms with Crippen LogP contribution in [0, 0.1) is 0 Å². The third-order valence-corrected chi connectivity index (χ3v) is 3.01. The maximum atomic E-state index is 11.0. The number of hydrogen-bond donors (Lipinski definition) is 1. The van der Waals surface area contributed by atoms with Gasteiger partial charge in [0.15, 0.2) is 0 Å². The second-order valence-electron chi connectivity index (χ2n) is 4.65. The number of carboxylic acids is 1. The smallest absolute Gasteiger partial charge is 0.335 e. The third kappa shape index (κ3) is 2.58. The molecule has 92 valence electrons. The van der Waals surface area contributed by atoms with E-state index in [1.165, 1.54) is 0 Å². The number of nitrogens with zero attached hydrogens (tertiary/aromatic N) is 1. The summed E-state index contributed by atoms with van der Waals surface area (Å²) in [6.07, 6.45) is 0.939. The Balaban J connectivity index is 2.34. The zero-order valence-corrected chi connectivity index (χ0v) is 10.1. The number of likely N-dealkylation sites (N-methyl/N-ethyl adjacent to an activating group) is 1. The molecular weight excluding hydrogens is 218 g/mol. The van der Waals surface area contributed by atoms with Gasteiger partial charge < -0.3 is 14.7 Å². The van der Waals surface area contributed by atoms with Crippen LogP contribution in [-0.4, -0.2) is 43.2 Å². The summed E-state index contributed by atoms with van der Waals surface area (Å²) in [6, 6.07) is 5.10. The standard InChI is InChI=1S/C13H17NO3/c1-14(2)8-10-5-6-17-12-4-3-9(13(15)16)7-11(10)12/h3-4,7,10H,5-6,8H2,1-2H3,(H,15,16). The average molecular weight is 235 g/mol.